The summed E-state index contributed by atoms with van der Waals surface area (Å²) < 4.78 is 50.3. The maximum atomic E-state index is 13.6. The molecule has 1 aromatic heterocycles. The topological polar surface area (TPSA) is 79.4 Å². The molecule has 2 unspecified atom stereocenters. The van der Waals surface area contributed by atoms with E-state index in [4.69, 9.17) is 0 Å². The van der Waals surface area contributed by atoms with Crippen molar-refractivity contribution in [1.29, 1.82) is 0 Å². The normalized spacial score (nSPS) is 23.2. The summed E-state index contributed by atoms with van der Waals surface area (Å²) in [5.41, 5.74) is 2.88. The van der Waals surface area contributed by atoms with Crippen molar-refractivity contribution in [1.82, 2.24) is 9.88 Å². The summed E-state index contributed by atoms with van der Waals surface area (Å²) in [7, 11) is -3.08. The van der Waals surface area contributed by atoms with Crippen LogP contribution in [0.1, 0.15) is 52.6 Å². The Morgan fingerprint density at radius 2 is 1.74 bits per heavy atom. The maximum Gasteiger partial charge on any atom is 0.255 e. The summed E-state index contributed by atoms with van der Waals surface area (Å²) in [6, 6.07) is 3.60. The molecular weight excluding hydrogens is 448 g/mol. The van der Waals surface area contributed by atoms with Crippen LogP contribution in [0.5, 0.6) is 0 Å². The Hall–Kier alpha value is -2.26. The Balaban J connectivity index is 0.00000231. The number of benzene rings is 1. The fourth-order valence-corrected chi connectivity index (χ4v) is 6.17. The van der Waals surface area contributed by atoms with E-state index in [-0.39, 0.29) is 54.7 Å². The van der Waals surface area contributed by atoms with Crippen molar-refractivity contribution in [2.24, 2.45) is 0 Å². The Morgan fingerprint density at radius 1 is 1.06 bits per heavy atom. The lowest BCUT2D eigenvalue weighted by Crippen LogP contribution is -2.44. The number of carbonyl (C=O) groups excluding carboxylic acids is 1. The van der Waals surface area contributed by atoms with Crippen LogP contribution in [0.3, 0.4) is 0 Å². The van der Waals surface area contributed by atoms with Gasteiger partial charge in [0.15, 0.2) is 21.5 Å². The molecule has 6 nitrogen and oxygen atoms in total. The molecule has 2 aliphatic carbocycles. The number of nitrogens with one attached hydrogen (secondary N) is 1. The third-order valence-corrected chi connectivity index (χ3v) is 8.06. The highest BCUT2D eigenvalue weighted by Gasteiger charge is 2.42. The fraction of sp³-hybridized carbons (Fsp3) is 0.429. The first-order valence-corrected chi connectivity index (χ1v) is 11.9. The van der Waals surface area contributed by atoms with Crippen LogP contribution in [-0.4, -0.2) is 48.8 Å². The molecule has 31 heavy (non-hydrogen) atoms. The van der Waals surface area contributed by atoms with Crippen molar-refractivity contribution in [3.05, 3.63) is 52.7 Å². The molecule has 1 saturated carbocycles. The van der Waals surface area contributed by atoms with Crippen molar-refractivity contribution >= 4 is 39.7 Å². The van der Waals surface area contributed by atoms with Gasteiger partial charge in [0.05, 0.1) is 17.1 Å². The zero-order chi connectivity index (χ0) is 21.0. The number of hydrogen-bond donors (Lipinski definition) is 1. The van der Waals surface area contributed by atoms with Gasteiger partial charge in [0.1, 0.15) is 5.82 Å². The number of carbonyl (C=O) groups is 1. The third kappa shape index (κ3) is 3.89. The van der Waals surface area contributed by atoms with Crippen LogP contribution in [-0.2, 0) is 9.84 Å². The van der Waals surface area contributed by atoms with E-state index in [1.807, 2.05) is 0 Å². The summed E-state index contributed by atoms with van der Waals surface area (Å²) in [5, 5.41) is 3.09. The first kappa shape index (κ1) is 22.0. The van der Waals surface area contributed by atoms with Crippen LogP contribution in [0.4, 0.5) is 20.3 Å². The molecule has 0 radical (unpaired) electrons. The minimum absolute atomic E-state index is 0. The molecular formula is C21H22ClF2N3O3S. The van der Waals surface area contributed by atoms with Gasteiger partial charge in [-0.3, -0.25) is 4.79 Å². The lowest BCUT2D eigenvalue weighted by molar-refractivity contribution is 0.0768. The van der Waals surface area contributed by atoms with E-state index in [0.717, 1.165) is 42.5 Å². The zero-order valence-corrected chi connectivity index (χ0v) is 18.2. The van der Waals surface area contributed by atoms with Gasteiger partial charge in [0.25, 0.3) is 5.91 Å². The Labute approximate surface area is 185 Å². The van der Waals surface area contributed by atoms with Gasteiger partial charge in [-0.05, 0) is 48.8 Å². The van der Waals surface area contributed by atoms with Gasteiger partial charge < -0.3 is 10.2 Å². The number of rotatable bonds is 3. The summed E-state index contributed by atoms with van der Waals surface area (Å²) in [6.45, 7) is 0.387. The lowest BCUT2D eigenvalue weighted by atomic mass is 9.88. The van der Waals surface area contributed by atoms with Crippen LogP contribution < -0.4 is 5.32 Å². The standard InChI is InChI=1S/C21H21F2N3O3S.ClH/c22-16-4-3-14(10-17(16)23)25-20-19-13-2-1-12(9-13)18(19)15(11-24-20)21(27)26-5-7-30(28,29)8-6-26;/h3-4,10-13H,1-2,5-9H2,(H,24,25);1H. The molecule has 2 heterocycles. The number of hydrogen-bond acceptors (Lipinski definition) is 5. The molecule has 1 aromatic carbocycles. The van der Waals surface area contributed by atoms with Crippen LogP contribution >= 0.6 is 12.4 Å². The highest BCUT2D eigenvalue weighted by atomic mass is 35.5. The second-order valence-electron chi connectivity index (χ2n) is 8.25. The van der Waals surface area contributed by atoms with E-state index < -0.39 is 21.5 Å². The Kier molecular flexibility index (Phi) is 5.68. The second-order valence-corrected chi connectivity index (χ2v) is 10.6. The van der Waals surface area contributed by atoms with E-state index in [1.54, 1.807) is 4.90 Å². The van der Waals surface area contributed by atoms with Crippen LogP contribution in [0, 0.1) is 11.6 Å². The molecule has 1 amide bonds. The maximum absolute atomic E-state index is 13.6. The van der Waals surface area contributed by atoms with E-state index in [9.17, 15) is 22.0 Å². The average molecular weight is 470 g/mol. The van der Waals surface area contributed by atoms with E-state index in [0.29, 0.717) is 17.1 Å². The van der Waals surface area contributed by atoms with Crippen molar-refractivity contribution in [2.45, 2.75) is 31.1 Å². The van der Waals surface area contributed by atoms with Crippen molar-refractivity contribution in [3.63, 3.8) is 0 Å². The molecule has 1 aliphatic heterocycles. The number of aromatic nitrogens is 1. The minimum Gasteiger partial charge on any atom is -0.340 e. The first-order valence-electron chi connectivity index (χ1n) is 10.1. The van der Waals surface area contributed by atoms with Gasteiger partial charge in [-0.1, -0.05) is 0 Å². The predicted molar refractivity (Wildman–Crippen MR) is 115 cm³/mol. The number of anilines is 2. The second kappa shape index (κ2) is 8.02. The van der Waals surface area contributed by atoms with Gasteiger partial charge >= 0.3 is 0 Å². The van der Waals surface area contributed by atoms with E-state index in [1.165, 1.54) is 12.3 Å². The lowest BCUT2D eigenvalue weighted by Gasteiger charge is -2.29. The highest BCUT2D eigenvalue weighted by Crippen LogP contribution is 2.56. The molecule has 0 spiro atoms. The van der Waals surface area contributed by atoms with E-state index >= 15 is 0 Å². The third-order valence-electron chi connectivity index (χ3n) is 6.45. The van der Waals surface area contributed by atoms with Crippen LogP contribution in [0.15, 0.2) is 24.4 Å². The quantitative estimate of drug-likeness (QED) is 0.740. The van der Waals surface area contributed by atoms with Crippen molar-refractivity contribution < 1.29 is 22.0 Å². The smallest absolute Gasteiger partial charge is 0.255 e. The SMILES string of the molecule is Cl.O=C(c1cnc(Nc2ccc(F)c(F)c2)c2c1C1CCC2C1)N1CCS(=O)(=O)CC1. The fourth-order valence-electron chi connectivity index (χ4n) is 4.97. The van der Waals surface area contributed by atoms with Crippen molar-refractivity contribution in [3.8, 4) is 0 Å². The summed E-state index contributed by atoms with van der Waals surface area (Å²) in [5.74, 6) is -0.952. The molecule has 1 saturated heterocycles. The molecule has 2 bridgehead atoms. The van der Waals surface area contributed by atoms with Gasteiger partial charge in [0, 0.05) is 36.6 Å². The van der Waals surface area contributed by atoms with Gasteiger partial charge in [-0.15, -0.1) is 12.4 Å². The Bertz CT molecular complexity index is 1140. The molecule has 2 fully saturated rings. The molecule has 2 aromatic rings. The first-order chi connectivity index (χ1) is 14.3. The molecule has 5 rings (SSSR count). The molecule has 1 N–H and O–H groups in total. The van der Waals surface area contributed by atoms with Crippen LogP contribution in [0.2, 0.25) is 0 Å². The number of halogens is 3. The highest BCUT2D eigenvalue weighted by molar-refractivity contribution is 7.91. The van der Waals surface area contributed by atoms with Gasteiger partial charge in [-0.25, -0.2) is 22.2 Å². The number of fused-ring (bicyclic) bond motifs is 5. The zero-order valence-electron chi connectivity index (χ0n) is 16.6. The summed E-state index contributed by atoms with van der Waals surface area (Å²) >= 11 is 0. The largest absolute Gasteiger partial charge is 0.340 e. The number of sulfone groups is 1. The van der Waals surface area contributed by atoms with Crippen LogP contribution in [0.25, 0.3) is 0 Å². The molecule has 3 aliphatic rings. The minimum atomic E-state index is -3.08. The van der Waals surface area contributed by atoms with E-state index in [2.05, 4.69) is 10.3 Å². The number of nitrogens with zero attached hydrogens (tertiary/aromatic N) is 2. The van der Waals surface area contributed by atoms with Gasteiger partial charge in [-0.2, -0.15) is 0 Å². The molecule has 166 valence electrons. The molecule has 2 atom stereocenters. The number of amides is 1. The van der Waals surface area contributed by atoms with Gasteiger partial charge in [0.2, 0.25) is 0 Å². The number of pyridine rings is 1. The molecule has 10 heteroatoms. The predicted octanol–water partition coefficient (Wildman–Crippen LogP) is 3.76. The summed E-state index contributed by atoms with van der Waals surface area (Å²) in [4.78, 5) is 19.2. The van der Waals surface area contributed by atoms with Crippen molar-refractivity contribution in [2.75, 3.05) is 29.9 Å². The monoisotopic (exact) mass is 469 g/mol. The summed E-state index contributed by atoms with van der Waals surface area (Å²) in [6.07, 6.45) is 4.49. The average Bonchev–Trinajstić information content (AvgIpc) is 3.33. The Morgan fingerprint density at radius 3 is 2.42 bits per heavy atom.